The number of alkyl halides is 1. The molecule has 0 aliphatic heterocycles. The zero-order chi connectivity index (χ0) is 14.1. The van der Waals surface area contributed by atoms with Crippen LogP contribution in [0.25, 0.3) is 0 Å². The molecule has 19 heavy (non-hydrogen) atoms. The molecule has 0 saturated heterocycles. The van der Waals surface area contributed by atoms with Gasteiger partial charge in [0.15, 0.2) is 11.5 Å². The number of halogens is 1. The van der Waals surface area contributed by atoms with Gasteiger partial charge in [-0.15, -0.1) is 0 Å². The number of aromatic hydroxyl groups is 2. The maximum Gasteiger partial charge on any atom is 0.163 e. The number of rotatable bonds is 9. The minimum absolute atomic E-state index is 0.200. The van der Waals surface area contributed by atoms with Crippen LogP contribution < -0.4 is 0 Å². The summed E-state index contributed by atoms with van der Waals surface area (Å²) in [5, 5.41) is 18.9. The van der Waals surface area contributed by atoms with Gasteiger partial charge in [0.2, 0.25) is 0 Å². The van der Waals surface area contributed by atoms with Crippen LogP contribution in [-0.4, -0.2) is 10.2 Å². The van der Waals surface area contributed by atoms with Crippen LogP contribution in [0.3, 0.4) is 0 Å². The first kappa shape index (κ1) is 15.8. The predicted molar refractivity (Wildman–Crippen MR) is 76.2 cm³/mol. The molecule has 0 bridgehead atoms. The summed E-state index contributed by atoms with van der Waals surface area (Å²) < 4.78 is 13.9. The Labute approximate surface area is 115 Å². The van der Waals surface area contributed by atoms with E-state index in [1.165, 1.54) is 37.8 Å². The first-order valence-electron chi connectivity index (χ1n) is 7.31. The van der Waals surface area contributed by atoms with Crippen LogP contribution in [-0.2, 0) is 0 Å². The van der Waals surface area contributed by atoms with Crippen LogP contribution >= 0.6 is 0 Å². The van der Waals surface area contributed by atoms with Gasteiger partial charge < -0.3 is 10.2 Å². The quantitative estimate of drug-likeness (QED) is 0.474. The lowest BCUT2D eigenvalue weighted by atomic mass is 10.0. The van der Waals surface area contributed by atoms with E-state index in [4.69, 9.17) is 0 Å². The average Bonchev–Trinajstić information content (AvgIpc) is 2.40. The van der Waals surface area contributed by atoms with E-state index in [1.54, 1.807) is 6.07 Å². The van der Waals surface area contributed by atoms with Crippen molar-refractivity contribution in [2.75, 3.05) is 0 Å². The molecule has 1 rings (SSSR count). The van der Waals surface area contributed by atoms with Gasteiger partial charge in [-0.25, -0.2) is 4.39 Å². The summed E-state index contributed by atoms with van der Waals surface area (Å²) in [6.07, 6.45) is 7.23. The van der Waals surface area contributed by atoms with E-state index < -0.39 is 6.17 Å². The summed E-state index contributed by atoms with van der Waals surface area (Å²) in [6.45, 7) is 2.19. The molecule has 0 spiro atoms. The number of unbranched alkanes of at least 4 members (excludes halogenated alkanes) is 6. The monoisotopic (exact) mass is 268 g/mol. The minimum atomic E-state index is -1.19. The molecule has 2 nitrogen and oxygen atoms in total. The fourth-order valence-corrected chi connectivity index (χ4v) is 2.24. The lowest BCUT2D eigenvalue weighted by Crippen LogP contribution is -1.93. The van der Waals surface area contributed by atoms with Crippen LogP contribution in [0.2, 0.25) is 0 Å². The second kappa shape index (κ2) is 8.78. The Kier molecular flexibility index (Phi) is 7.31. The van der Waals surface area contributed by atoms with Crippen molar-refractivity contribution in [3.8, 4) is 11.5 Å². The molecule has 0 fully saturated rings. The highest BCUT2D eigenvalue weighted by Crippen LogP contribution is 2.36. The van der Waals surface area contributed by atoms with Crippen LogP contribution in [0.1, 0.15) is 70.0 Å². The lowest BCUT2D eigenvalue weighted by Gasteiger charge is -2.11. The van der Waals surface area contributed by atoms with Crippen LogP contribution in [0.15, 0.2) is 18.2 Å². The number of phenolic OH excluding ortho intramolecular Hbond substituents is 2. The van der Waals surface area contributed by atoms with Crippen molar-refractivity contribution in [3.63, 3.8) is 0 Å². The summed E-state index contributed by atoms with van der Waals surface area (Å²) in [4.78, 5) is 0. The normalized spacial score (nSPS) is 12.5. The van der Waals surface area contributed by atoms with E-state index in [0.717, 1.165) is 19.3 Å². The van der Waals surface area contributed by atoms with Gasteiger partial charge in [0.25, 0.3) is 0 Å². The summed E-state index contributed by atoms with van der Waals surface area (Å²) in [6, 6.07) is 4.45. The number of hydrogen-bond donors (Lipinski definition) is 2. The molecule has 0 aliphatic carbocycles. The summed E-state index contributed by atoms with van der Waals surface area (Å²) in [5.74, 6) is -0.572. The van der Waals surface area contributed by atoms with Crippen LogP contribution in [0.4, 0.5) is 4.39 Å². The molecule has 0 saturated carbocycles. The maximum absolute atomic E-state index is 13.9. The van der Waals surface area contributed by atoms with E-state index in [1.807, 2.05) is 0 Å². The zero-order valence-corrected chi connectivity index (χ0v) is 11.7. The fourth-order valence-electron chi connectivity index (χ4n) is 2.24. The zero-order valence-electron chi connectivity index (χ0n) is 11.7. The van der Waals surface area contributed by atoms with Gasteiger partial charge in [0.1, 0.15) is 6.17 Å². The third-order valence-electron chi connectivity index (χ3n) is 3.44. The Morgan fingerprint density at radius 3 is 2.32 bits per heavy atom. The highest BCUT2D eigenvalue weighted by atomic mass is 19.1. The molecule has 0 aromatic heterocycles. The number of benzene rings is 1. The fraction of sp³-hybridized carbons (Fsp3) is 0.625. The highest BCUT2D eigenvalue weighted by molar-refractivity contribution is 5.45. The van der Waals surface area contributed by atoms with Crippen molar-refractivity contribution >= 4 is 0 Å². The van der Waals surface area contributed by atoms with Gasteiger partial charge in [0.05, 0.1) is 0 Å². The Bertz CT molecular complexity index is 366. The molecule has 1 atom stereocenters. The Balaban J connectivity index is 2.24. The average molecular weight is 268 g/mol. The molecule has 1 aromatic rings. The van der Waals surface area contributed by atoms with Crippen molar-refractivity contribution in [2.45, 2.75) is 64.5 Å². The smallest absolute Gasteiger partial charge is 0.163 e. The molecule has 1 aromatic carbocycles. The third kappa shape index (κ3) is 5.50. The second-order valence-electron chi connectivity index (χ2n) is 5.09. The van der Waals surface area contributed by atoms with Gasteiger partial charge >= 0.3 is 0 Å². The Hall–Kier alpha value is -1.25. The molecule has 1 unspecified atom stereocenters. The first-order chi connectivity index (χ1) is 9.16. The minimum Gasteiger partial charge on any atom is -0.504 e. The number of para-hydroxylation sites is 1. The van der Waals surface area contributed by atoms with Crippen molar-refractivity contribution in [2.24, 2.45) is 0 Å². The van der Waals surface area contributed by atoms with Crippen LogP contribution in [0.5, 0.6) is 11.5 Å². The molecule has 0 amide bonds. The molecule has 108 valence electrons. The molecular formula is C16H25FO2. The van der Waals surface area contributed by atoms with Crippen molar-refractivity contribution in [1.82, 2.24) is 0 Å². The predicted octanol–water partition coefficient (Wildman–Crippen LogP) is 5.25. The van der Waals surface area contributed by atoms with Crippen LogP contribution in [0, 0.1) is 0 Å². The van der Waals surface area contributed by atoms with E-state index in [9.17, 15) is 14.6 Å². The van der Waals surface area contributed by atoms with Gasteiger partial charge in [-0.2, -0.15) is 0 Å². The van der Waals surface area contributed by atoms with Gasteiger partial charge in [-0.3, -0.25) is 0 Å². The van der Waals surface area contributed by atoms with Crippen molar-refractivity contribution < 1.29 is 14.6 Å². The molecule has 0 heterocycles. The van der Waals surface area contributed by atoms with Gasteiger partial charge in [-0.05, 0) is 12.5 Å². The Morgan fingerprint density at radius 2 is 1.63 bits per heavy atom. The largest absolute Gasteiger partial charge is 0.504 e. The maximum atomic E-state index is 13.9. The Morgan fingerprint density at radius 1 is 1.00 bits per heavy atom. The highest BCUT2D eigenvalue weighted by Gasteiger charge is 2.15. The van der Waals surface area contributed by atoms with Crippen molar-refractivity contribution in [1.29, 1.82) is 0 Å². The first-order valence-corrected chi connectivity index (χ1v) is 7.31. The SMILES string of the molecule is CCCCCCCCCC(F)c1cccc(O)c1O. The van der Waals surface area contributed by atoms with Crippen molar-refractivity contribution in [3.05, 3.63) is 23.8 Å². The molecule has 2 N–H and O–H groups in total. The standard InChI is InChI=1S/C16H25FO2/c1-2-3-4-5-6-7-8-11-14(17)13-10-9-12-15(18)16(13)19/h9-10,12,14,18-19H,2-8,11H2,1H3. The number of phenols is 2. The van der Waals surface area contributed by atoms with Gasteiger partial charge in [0, 0.05) is 5.56 Å². The molecular weight excluding hydrogens is 243 g/mol. The lowest BCUT2D eigenvalue weighted by molar-refractivity contribution is 0.297. The summed E-state index contributed by atoms with van der Waals surface area (Å²) >= 11 is 0. The van der Waals surface area contributed by atoms with Gasteiger partial charge in [-0.1, -0.05) is 64.0 Å². The molecule has 0 aliphatic rings. The van der Waals surface area contributed by atoms with E-state index >= 15 is 0 Å². The van der Waals surface area contributed by atoms with E-state index in [0.29, 0.717) is 6.42 Å². The topological polar surface area (TPSA) is 40.5 Å². The third-order valence-corrected chi connectivity index (χ3v) is 3.44. The number of hydrogen-bond acceptors (Lipinski definition) is 2. The second-order valence-corrected chi connectivity index (χ2v) is 5.09. The van der Waals surface area contributed by atoms with E-state index in [-0.39, 0.29) is 17.1 Å². The molecule has 3 heteroatoms. The summed E-state index contributed by atoms with van der Waals surface area (Å²) in [7, 11) is 0. The summed E-state index contributed by atoms with van der Waals surface area (Å²) in [5.41, 5.74) is 0.200. The van der Waals surface area contributed by atoms with E-state index in [2.05, 4.69) is 6.92 Å². The molecule has 0 radical (unpaired) electrons.